The highest BCUT2D eigenvalue weighted by Gasteiger charge is 1.98. The Hall–Kier alpha value is -1.36. The summed E-state index contributed by atoms with van der Waals surface area (Å²) in [5.41, 5.74) is 4.97. The summed E-state index contributed by atoms with van der Waals surface area (Å²) in [6.45, 7) is 2.91. The number of hydrogen-bond donors (Lipinski definition) is 2. The molecule has 17 heavy (non-hydrogen) atoms. The average molecular weight is 254 g/mol. The van der Waals surface area contributed by atoms with E-state index < -0.39 is 6.03 Å². The maximum atomic E-state index is 10.5. The van der Waals surface area contributed by atoms with Crippen LogP contribution in [-0.2, 0) is 0 Å². The van der Waals surface area contributed by atoms with E-state index in [0.29, 0.717) is 0 Å². The van der Waals surface area contributed by atoms with Crippen molar-refractivity contribution in [1.82, 2.24) is 4.72 Å². The molecule has 0 aliphatic heterocycles. The zero-order chi connectivity index (χ0) is 12.5. The van der Waals surface area contributed by atoms with E-state index in [0.717, 1.165) is 23.7 Å². The van der Waals surface area contributed by atoms with Crippen molar-refractivity contribution in [3.05, 3.63) is 24.3 Å². The lowest BCUT2D eigenvalue weighted by molar-refractivity contribution is 0.254. The van der Waals surface area contributed by atoms with E-state index in [-0.39, 0.29) is 0 Å². The van der Waals surface area contributed by atoms with Crippen LogP contribution in [0.2, 0.25) is 0 Å². The summed E-state index contributed by atoms with van der Waals surface area (Å²) in [7, 11) is 0. The van der Waals surface area contributed by atoms with Crippen molar-refractivity contribution < 1.29 is 9.53 Å². The molecule has 0 spiro atoms. The molecule has 0 atom stereocenters. The molecule has 1 aromatic carbocycles. The molecule has 0 bridgehead atoms. The molecule has 0 saturated heterocycles. The van der Waals surface area contributed by atoms with Crippen molar-refractivity contribution in [2.75, 3.05) is 6.61 Å². The smallest absolute Gasteiger partial charge is 0.322 e. The molecule has 0 unspecified atom stereocenters. The van der Waals surface area contributed by atoms with E-state index in [1.807, 2.05) is 24.3 Å². The molecule has 1 rings (SSSR count). The second-order valence-corrected chi connectivity index (χ2v) is 4.48. The first-order valence-electron chi connectivity index (χ1n) is 5.67. The normalized spacial score (nSPS) is 9.94. The standard InChI is InChI=1S/C12H18N2O2S/c1-2-3-4-9-16-10-5-7-11(8-6-10)17-14-12(13)15/h5-8H,2-4,9H2,1H3,(H3,13,14,15). The largest absolute Gasteiger partial charge is 0.494 e. The third kappa shape index (κ3) is 6.06. The molecule has 1 aromatic rings. The zero-order valence-electron chi connectivity index (χ0n) is 9.94. The average Bonchev–Trinajstić information content (AvgIpc) is 2.33. The fourth-order valence-electron chi connectivity index (χ4n) is 1.26. The van der Waals surface area contributed by atoms with Crippen LogP contribution in [0.4, 0.5) is 4.79 Å². The van der Waals surface area contributed by atoms with Gasteiger partial charge in [0.05, 0.1) is 6.61 Å². The van der Waals surface area contributed by atoms with Crippen LogP contribution in [0.3, 0.4) is 0 Å². The minimum Gasteiger partial charge on any atom is -0.494 e. The lowest BCUT2D eigenvalue weighted by atomic mass is 10.3. The monoisotopic (exact) mass is 254 g/mol. The van der Waals surface area contributed by atoms with Crippen molar-refractivity contribution in [3.63, 3.8) is 0 Å². The Morgan fingerprint density at radius 3 is 2.65 bits per heavy atom. The van der Waals surface area contributed by atoms with Crippen LogP contribution in [0.25, 0.3) is 0 Å². The van der Waals surface area contributed by atoms with E-state index >= 15 is 0 Å². The van der Waals surface area contributed by atoms with Gasteiger partial charge in [0.2, 0.25) is 0 Å². The number of benzene rings is 1. The quantitative estimate of drug-likeness (QED) is 0.581. The Bertz CT molecular complexity index is 341. The molecule has 3 N–H and O–H groups in total. The first kappa shape index (κ1) is 13.7. The zero-order valence-corrected chi connectivity index (χ0v) is 10.8. The summed E-state index contributed by atoms with van der Waals surface area (Å²) < 4.78 is 8.02. The third-order valence-corrected chi connectivity index (χ3v) is 2.92. The predicted molar refractivity (Wildman–Crippen MR) is 70.0 cm³/mol. The van der Waals surface area contributed by atoms with Gasteiger partial charge in [-0.25, -0.2) is 4.79 Å². The molecular formula is C12H18N2O2S. The highest BCUT2D eigenvalue weighted by molar-refractivity contribution is 7.98. The SMILES string of the molecule is CCCCCOc1ccc(SNC(N)=O)cc1. The highest BCUT2D eigenvalue weighted by atomic mass is 32.2. The van der Waals surface area contributed by atoms with Crippen LogP contribution >= 0.6 is 11.9 Å². The Morgan fingerprint density at radius 1 is 1.35 bits per heavy atom. The van der Waals surface area contributed by atoms with Crippen molar-refractivity contribution in [2.24, 2.45) is 5.73 Å². The Kier molecular flexibility index (Phi) is 6.32. The van der Waals surface area contributed by atoms with Gasteiger partial charge in [0, 0.05) is 4.90 Å². The summed E-state index contributed by atoms with van der Waals surface area (Å²) in [4.78, 5) is 11.4. The number of rotatable bonds is 7. The molecule has 0 radical (unpaired) electrons. The summed E-state index contributed by atoms with van der Waals surface area (Å²) in [5, 5.41) is 0. The number of nitrogens with two attached hydrogens (primary N) is 1. The fourth-order valence-corrected chi connectivity index (χ4v) is 1.75. The van der Waals surface area contributed by atoms with E-state index in [1.165, 1.54) is 24.8 Å². The van der Waals surface area contributed by atoms with E-state index in [9.17, 15) is 4.79 Å². The Balaban J connectivity index is 2.31. The number of carbonyl (C=O) groups is 1. The second-order valence-electron chi connectivity index (χ2n) is 3.60. The van der Waals surface area contributed by atoms with Gasteiger partial charge in [0.25, 0.3) is 0 Å². The third-order valence-electron chi connectivity index (χ3n) is 2.11. The maximum absolute atomic E-state index is 10.5. The molecule has 5 heteroatoms. The summed E-state index contributed by atoms with van der Waals surface area (Å²) >= 11 is 1.19. The summed E-state index contributed by atoms with van der Waals surface area (Å²) in [6.07, 6.45) is 3.46. The molecule has 94 valence electrons. The van der Waals surface area contributed by atoms with Crippen LogP contribution in [0.1, 0.15) is 26.2 Å². The predicted octanol–water partition coefficient (Wildman–Crippen LogP) is 2.93. The highest BCUT2D eigenvalue weighted by Crippen LogP contribution is 2.19. The van der Waals surface area contributed by atoms with Crippen LogP contribution in [0, 0.1) is 0 Å². The van der Waals surface area contributed by atoms with Gasteiger partial charge < -0.3 is 10.5 Å². The Labute approximate surface area is 106 Å². The van der Waals surface area contributed by atoms with Gasteiger partial charge in [0.1, 0.15) is 5.75 Å². The Morgan fingerprint density at radius 2 is 2.06 bits per heavy atom. The van der Waals surface area contributed by atoms with E-state index in [4.69, 9.17) is 10.5 Å². The van der Waals surface area contributed by atoms with Crippen LogP contribution in [-0.4, -0.2) is 12.6 Å². The minimum absolute atomic E-state index is 0.546. The topological polar surface area (TPSA) is 64.3 Å². The van der Waals surface area contributed by atoms with Crippen molar-refractivity contribution in [2.45, 2.75) is 31.1 Å². The fraction of sp³-hybridized carbons (Fsp3) is 0.417. The van der Waals surface area contributed by atoms with Gasteiger partial charge in [0.15, 0.2) is 0 Å². The van der Waals surface area contributed by atoms with Gasteiger partial charge in [-0.3, -0.25) is 4.72 Å². The second kappa shape index (κ2) is 7.84. The molecule has 0 fully saturated rings. The number of ether oxygens (including phenoxy) is 1. The van der Waals surface area contributed by atoms with Gasteiger partial charge >= 0.3 is 6.03 Å². The van der Waals surface area contributed by atoms with Crippen molar-refractivity contribution in [1.29, 1.82) is 0 Å². The number of nitrogens with one attached hydrogen (secondary N) is 1. The van der Waals surface area contributed by atoms with Gasteiger partial charge in [-0.15, -0.1) is 0 Å². The molecule has 0 saturated carbocycles. The van der Waals surface area contributed by atoms with Gasteiger partial charge in [-0.1, -0.05) is 19.8 Å². The van der Waals surface area contributed by atoms with Crippen molar-refractivity contribution >= 4 is 18.0 Å². The van der Waals surface area contributed by atoms with E-state index in [1.54, 1.807) is 0 Å². The number of unbranched alkanes of at least 4 members (excludes halogenated alkanes) is 2. The molecule has 0 aromatic heterocycles. The molecule has 4 nitrogen and oxygen atoms in total. The first-order chi connectivity index (χ1) is 8.22. The molecule has 0 heterocycles. The molecule has 0 aliphatic rings. The minimum atomic E-state index is -0.546. The first-order valence-corrected chi connectivity index (χ1v) is 6.49. The van der Waals surface area contributed by atoms with Crippen LogP contribution < -0.4 is 15.2 Å². The number of primary amides is 1. The summed E-state index contributed by atoms with van der Waals surface area (Å²) in [6, 6.07) is 6.99. The number of urea groups is 1. The molecule has 2 amide bonds. The van der Waals surface area contributed by atoms with Crippen molar-refractivity contribution in [3.8, 4) is 5.75 Å². The van der Waals surface area contributed by atoms with E-state index in [2.05, 4.69) is 11.6 Å². The molecule has 0 aliphatic carbocycles. The molecular weight excluding hydrogens is 236 g/mol. The maximum Gasteiger partial charge on any atom is 0.322 e. The lowest BCUT2D eigenvalue weighted by Gasteiger charge is -2.06. The number of hydrogen-bond acceptors (Lipinski definition) is 3. The van der Waals surface area contributed by atoms with Gasteiger partial charge in [-0.2, -0.15) is 0 Å². The van der Waals surface area contributed by atoms with Crippen LogP contribution in [0.5, 0.6) is 5.75 Å². The number of carbonyl (C=O) groups excluding carboxylic acids is 1. The van der Waals surface area contributed by atoms with Crippen LogP contribution in [0.15, 0.2) is 29.2 Å². The lowest BCUT2D eigenvalue weighted by Crippen LogP contribution is -2.22. The van der Waals surface area contributed by atoms with Gasteiger partial charge in [-0.05, 0) is 42.6 Å². The number of amides is 2. The summed E-state index contributed by atoms with van der Waals surface area (Å²) in [5.74, 6) is 0.851.